The number of urea groups is 1. The third-order valence-corrected chi connectivity index (χ3v) is 5.43. The summed E-state index contributed by atoms with van der Waals surface area (Å²) in [6.07, 6.45) is 0.553. The Kier molecular flexibility index (Phi) is 6.65. The smallest absolute Gasteiger partial charge is 0.324 e. The van der Waals surface area contributed by atoms with Crippen molar-refractivity contribution in [3.05, 3.63) is 81.2 Å². The first-order chi connectivity index (χ1) is 16.4. The maximum absolute atomic E-state index is 12.9. The molecule has 0 saturated carbocycles. The van der Waals surface area contributed by atoms with Crippen LogP contribution in [0.5, 0.6) is 5.75 Å². The Morgan fingerprint density at radius 2 is 1.91 bits per heavy atom. The van der Waals surface area contributed by atoms with Gasteiger partial charge in [0.1, 0.15) is 11.6 Å². The van der Waals surface area contributed by atoms with Crippen molar-refractivity contribution in [2.24, 2.45) is 0 Å². The van der Waals surface area contributed by atoms with Gasteiger partial charge in [-0.05, 0) is 31.5 Å². The number of anilines is 2. The van der Waals surface area contributed by atoms with Crippen LogP contribution in [0.2, 0.25) is 5.02 Å². The molecule has 9 nitrogen and oxygen atoms in total. The van der Waals surface area contributed by atoms with Crippen LogP contribution in [0.4, 0.5) is 16.3 Å². The van der Waals surface area contributed by atoms with Crippen molar-refractivity contribution < 1.29 is 9.53 Å². The first-order valence-corrected chi connectivity index (χ1v) is 10.9. The molecule has 3 N–H and O–H groups in total. The van der Waals surface area contributed by atoms with Crippen molar-refractivity contribution >= 4 is 29.1 Å². The fourth-order valence-corrected chi connectivity index (χ4v) is 3.71. The Labute approximate surface area is 200 Å². The number of carbonyl (C=O) groups is 1. The fraction of sp³-hybridized carbons (Fsp3) is 0.167. The van der Waals surface area contributed by atoms with E-state index in [1.54, 1.807) is 31.2 Å². The minimum Gasteiger partial charge on any atom is -0.495 e. The van der Waals surface area contributed by atoms with Gasteiger partial charge in [0.05, 0.1) is 18.5 Å². The summed E-state index contributed by atoms with van der Waals surface area (Å²) in [6.45, 7) is 3.66. The largest absolute Gasteiger partial charge is 0.495 e. The highest BCUT2D eigenvalue weighted by Crippen LogP contribution is 2.28. The number of H-pyrrole nitrogens is 1. The first-order valence-electron chi connectivity index (χ1n) is 10.6. The van der Waals surface area contributed by atoms with Crippen LogP contribution < -0.4 is 20.9 Å². The number of rotatable bonds is 6. The maximum Gasteiger partial charge on any atom is 0.324 e. The lowest BCUT2D eigenvalue weighted by molar-refractivity contribution is 0.262. The molecule has 0 radical (unpaired) electrons. The van der Waals surface area contributed by atoms with E-state index in [1.807, 2.05) is 37.3 Å². The number of benzene rings is 2. The number of nitrogens with zero attached hydrogens (tertiary/aromatic N) is 3. The number of amides is 2. The number of hydrogen-bond donors (Lipinski definition) is 3. The predicted octanol–water partition coefficient (Wildman–Crippen LogP) is 4.80. The highest BCUT2D eigenvalue weighted by Gasteiger charge is 2.18. The number of ether oxygens (including phenoxy) is 1. The van der Waals surface area contributed by atoms with Gasteiger partial charge in [-0.25, -0.2) is 9.78 Å². The molecule has 4 aromatic rings. The van der Waals surface area contributed by atoms with Gasteiger partial charge in [0.15, 0.2) is 0 Å². The van der Waals surface area contributed by atoms with Gasteiger partial charge in [-0.1, -0.05) is 48.9 Å². The molecular weight excluding hydrogens is 456 g/mol. The van der Waals surface area contributed by atoms with Crippen LogP contribution in [-0.4, -0.2) is 32.9 Å². The normalized spacial score (nSPS) is 10.7. The molecule has 0 bridgehead atoms. The highest BCUT2D eigenvalue weighted by atomic mass is 35.5. The number of aromatic nitrogens is 4. The number of aromatic amines is 1. The zero-order valence-electron chi connectivity index (χ0n) is 18.8. The predicted molar refractivity (Wildman–Crippen MR) is 132 cm³/mol. The summed E-state index contributed by atoms with van der Waals surface area (Å²) >= 11 is 6.06. The molecular formula is C24H23ClN6O3. The van der Waals surface area contributed by atoms with E-state index in [9.17, 15) is 9.59 Å². The van der Waals surface area contributed by atoms with Crippen molar-refractivity contribution in [2.75, 3.05) is 17.7 Å². The van der Waals surface area contributed by atoms with E-state index in [2.05, 4.69) is 25.7 Å². The Bertz CT molecular complexity index is 1400. The number of nitrogens with one attached hydrogen (secondary N) is 3. The zero-order valence-corrected chi connectivity index (χ0v) is 19.6. The Morgan fingerprint density at radius 1 is 1.15 bits per heavy atom. The molecule has 4 rings (SSSR count). The van der Waals surface area contributed by atoms with Crippen LogP contribution in [-0.2, 0) is 6.42 Å². The van der Waals surface area contributed by atoms with Crippen LogP contribution in [0.1, 0.15) is 18.2 Å². The van der Waals surface area contributed by atoms with Gasteiger partial charge in [0.2, 0.25) is 5.95 Å². The summed E-state index contributed by atoms with van der Waals surface area (Å²) in [6, 6.07) is 15.5. The molecule has 2 heterocycles. The zero-order chi connectivity index (χ0) is 24.2. The first kappa shape index (κ1) is 23.1. The van der Waals surface area contributed by atoms with Crippen LogP contribution in [0, 0.1) is 6.92 Å². The number of halogens is 1. The van der Waals surface area contributed by atoms with Crippen molar-refractivity contribution in [1.29, 1.82) is 0 Å². The maximum atomic E-state index is 12.9. The van der Waals surface area contributed by atoms with Gasteiger partial charge < -0.3 is 10.1 Å². The molecule has 174 valence electrons. The fourth-order valence-electron chi connectivity index (χ4n) is 3.54. The van der Waals surface area contributed by atoms with E-state index in [-0.39, 0.29) is 11.5 Å². The minimum absolute atomic E-state index is 0.192. The van der Waals surface area contributed by atoms with Crippen LogP contribution in [0.3, 0.4) is 0 Å². The van der Waals surface area contributed by atoms with E-state index in [0.717, 1.165) is 5.56 Å². The van der Waals surface area contributed by atoms with Crippen LogP contribution in [0.25, 0.3) is 17.2 Å². The van der Waals surface area contributed by atoms with E-state index in [0.29, 0.717) is 45.6 Å². The van der Waals surface area contributed by atoms with Gasteiger partial charge in [-0.3, -0.25) is 15.1 Å². The summed E-state index contributed by atoms with van der Waals surface area (Å²) in [4.78, 5) is 32.7. The minimum atomic E-state index is -0.550. The lowest BCUT2D eigenvalue weighted by atomic mass is 10.2. The van der Waals surface area contributed by atoms with Crippen molar-refractivity contribution in [3.8, 4) is 23.0 Å². The molecule has 0 saturated heterocycles. The summed E-state index contributed by atoms with van der Waals surface area (Å²) in [5, 5.41) is 10.5. The molecule has 0 atom stereocenters. The molecule has 0 aliphatic rings. The summed E-state index contributed by atoms with van der Waals surface area (Å²) < 4.78 is 6.68. The second kappa shape index (κ2) is 9.80. The van der Waals surface area contributed by atoms with Gasteiger partial charge in [0.25, 0.3) is 5.56 Å². The quantitative estimate of drug-likeness (QED) is 0.368. The van der Waals surface area contributed by atoms with E-state index in [1.165, 1.54) is 11.8 Å². The molecule has 0 aliphatic carbocycles. The van der Waals surface area contributed by atoms with Gasteiger partial charge in [-0.2, -0.15) is 9.78 Å². The van der Waals surface area contributed by atoms with E-state index < -0.39 is 6.03 Å². The molecule has 2 amide bonds. The molecule has 0 fully saturated rings. The van der Waals surface area contributed by atoms with Gasteiger partial charge in [-0.15, -0.1) is 0 Å². The molecule has 0 aliphatic heterocycles. The molecule has 0 spiro atoms. The van der Waals surface area contributed by atoms with Crippen molar-refractivity contribution in [1.82, 2.24) is 19.7 Å². The van der Waals surface area contributed by atoms with E-state index in [4.69, 9.17) is 16.3 Å². The standard InChI is InChI=1S/C24H23ClN6O3/c1-4-17-14(2)26-23(29-22(17)32)31-21(13-18(30-31)15-8-6-5-7-9-15)28-24(33)27-19-12-16(25)10-11-20(19)34-3/h5-13H,4H2,1-3H3,(H,26,29,32)(H2,27,28,33). The average molecular weight is 479 g/mol. The highest BCUT2D eigenvalue weighted by molar-refractivity contribution is 6.31. The number of methoxy groups -OCH3 is 1. The van der Waals surface area contributed by atoms with E-state index >= 15 is 0 Å². The topological polar surface area (TPSA) is 114 Å². The lowest BCUT2D eigenvalue weighted by Gasteiger charge is -2.12. The third kappa shape index (κ3) is 4.79. The second-order valence-electron chi connectivity index (χ2n) is 7.42. The number of hydrogen-bond acceptors (Lipinski definition) is 5. The second-order valence-corrected chi connectivity index (χ2v) is 7.86. The Morgan fingerprint density at radius 3 is 2.59 bits per heavy atom. The molecule has 2 aromatic heterocycles. The number of aryl methyl sites for hydroxylation is 1. The molecule has 34 heavy (non-hydrogen) atoms. The van der Waals surface area contributed by atoms with Gasteiger partial charge >= 0.3 is 6.03 Å². The summed E-state index contributed by atoms with van der Waals surface area (Å²) in [5.41, 5.74) is 2.77. The molecule has 2 aromatic carbocycles. The monoisotopic (exact) mass is 478 g/mol. The van der Waals surface area contributed by atoms with Gasteiger partial charge in [0, 0.05) is 27.9 Å². The number of carbonyl (C=O) groups excluding carboxylic acids is 1. The SMILES string of the molecule is CCc1c(C)nc(-n2nc(-c3ccccc3)cc2NC(=O)Nc2cc(Cl)ccc2OC)[nH]c1=O. The lowest BCUT2D eigenvalue weighted by Crippen LogP contribution is -2.24. The van der Waals surface area contributed by atoms with Crippen molar-refractivity contribution in [2.45, 2.75) is 20.3 Å². The Balaban J connectivity index is 1.73. The van der Waals surface area contributed by atoms with Crippen LogP contribution in [0.15, 0.2) is 59.4 Å². The summed E-state index contributed by atoms with van der Waals surface area (Å²) in [7, 11) is 1.50. The molecule has 10 heteroatoms. The van der Waals surface area contributed by atoms with Crippen molar-refractivity contribution in [3.63, 3.8) is 0 Å². The molecule has 0 unspecified atom stereocenters. The summed E-state index contributed by atoms with van der Waals surface area (Å²) in [5.74, 6) is 0.955. The Hall–Kier alpha value is -4.11. The third-order valence-electron chi connectivity index (χ3n) is 5.19. The van der Waals surface area contributed by atoms with Crippen LogP contribution >= 0.6 is 11.6 Å². The average Bonchev–Trinajstić information content (AvgIpc) is 3.23.